The lowest BCUT2D eigenvalue weighted by molar-refractivity contribution is -0.907. The first-order valence-corrected chi connectivity index (χ1v) is 7.87. The first-order chi connectivity index (χ1) is 9.99. The van der Waals surface area contributed by atoms with Gasteiger partial charge in [-0.2, -0.15) is 0 Å². The van der Waals surface area contributed by atoms with E-state index in [2.05, 4.69) is 32.2 Å². The van der Waals surface area contributed by atoms with Crippen molar-refractivity contribution in [1.29, 1.82) is 0 Å². The number of rotatable bonds is 4. The minimum absolute atomic E-state index is 0.0929. The molecule has 0 radical (unpaired) electrons. The van der Waals surface area contributed by atoms with Crippen LogP contribution in [0.4, 0.5) is 5.69 Å². The van der Waals surface area contributed by atoms with Gasteiger partial charge in [-0.25, -0.2) is 0 Å². The van der Waals surface area contributed by atoms with Crippen LogP contribution in [0.5, 0.6) is 0 Å². The van der Waals surface area contributed by atoms with Crippen molar-refractivity contribution in [2.75, 3.05) is 25.0 Å². The Kier molecular flexibility index (Phi) is 5.37. The number of anilines is 1. The summed E-state index contributed by atoms with van der Waals surface area (Å²) in [5.41, 5.74) is 3.31. The lowest BCUT2D eigenvalue weighted by Gasteiger charge is -2.32. The maximum absolute atomic E-state index is 12.3. The van der Waals surface area contributed by atoms with E-state index in [0.717, 1.165) is 30.8 Å². The quantitative estimate of drug-likeness (QED) is 0.875. The number of quaternary nitrogens is 1. The number of nitrogens with one attached hydrogen (secondary N) is 2. The molecule has 1 unspecified atom stereocenters. The molecule has 0 spiro atoms. The van der Waals surface area contributed by atoms with Gasteiger partial charge in [-0.3, -0.25) is 4.79 Å². The predicted molar refractivity (Wildman–Crippen MR) is 84.8 cm³/mol. The Morgan fingerprint density at radius 2 is 2.00 bits per heavy atom. The van der Waals surface area contributed by atoms with Gasteiger partial charge in [0.15, 0.2) is 6.54 Å². The number of para-hydroxylation sites is 1. The van der Waals surface area contributed by atoms with E-state index in [1.807, 2.05) is 19.1 Å². The van der Waals surface area contributed by atoms with E-state index in [1.165, 1.54) is 10.5 Å². The van der Waals surface area contributed by atoms with E-state index in [1.54, 1.807) is 0 Å². The Morgan fingerprint density at radius 3 is 2.62 bits per heavy atom. The Morgan fingerprint density at radius 1 is 1.33 bits per heavy atom. The summed E-state index contributed by atoms with van der Waals surface area (Å²) in [5, 5.41) is 3.11. The van der Waals surface area contributed by atoms with Crippen LogP contribution in [0.15, 0.2) is 18.2 Å². The number of hydrogen-bond donors (Lipinski definition) is 2. The Labute approximate surface area is 127 Å². The molecule has 4 heteroatoms. The van der Waals surface area contributed by atoms with Crippen LogP contribution in [-0.2, 0) is 16.0 Å². The van der Waals surface area contributed by atoms with Crippen molar-refractivity contribution in [2.45, 2.75) is 46.3 Å². The highest BCUT2D eigenvalue weighted by molar-refractivity contribution is 5.93. The third-order valence-corrected chi connectivity index (χ3v) is 4.03. The van der Waals surface area contributed by atoms with Crippen LogP contribution in [0.1, 0.15) is 31.9 Å². The maximum Gasteiger partial charge on any atom is 0.279 e. The van der Waals surface area contributed by atoms with Crippen molar-refractivity contribution >= 4 is 11.6 Å². The smallest absolute Gasteiger partial charge is 0.279 e. The number of amides is 1. The Balaban J connectivity index is 1.99. The Hall–Kier alpha value is -1.39. The second-order valence-electron chi connectivity index (χ2n) is 6.10. The van der Waals surface area contributed by atoms with Crippen LogP contribution in [0.2, 0.25) is 0 Å². The summed E-state index contributed by atoms with van der Waals surface area (Å²) in [4.78, 5) is 13.6. The molecule has 0 saturated carbocycles. The average molecular weight is 291 g/mol. The zero-order valence-corrected chi connectivity index (χ0v) is 13.5. The van der Waals surface area contributed by atoms with Crippen LogP contribution in [-0.4, -0.2) is 37.7 Å². The summed E-state index contributed by atoms with van der Waals surface area (Å²) >= 11 is 0. The molecular weight excluding hydrogens is 264 g/mol. The van der Waals surface area contributed by atoms with Gasteiger partial charge in [0.1, 0.15) is 25.3 Å². The summed E-state index contributed by atoms with van der Waals surface area (Å²) in [6, 6.07) is 6.16. The molecule has 1 aliphatic heterocycles. The lowest BCUT2D eigenvalue weighted by Crippen LogP contribution is -3.16. The van der Waals surface area contributed by atoms with Crippen molar-refractivity contribution in [3.05, 3.63) is 29.3 Å². The molecule has 116 valence electrons. The molecule has 0 aliphatic carbocycles. The van der Waals surface area contributed by atoms with Gasteiger partial charge < -0.3 is 15.0 Å². The molecule has 1 aromatic carbocycles. The number of carbonyl (C=O) groups is 1. The van der Waals surface area contributed by atoms with E-state index < -0.39 is 0 Å². The molecule has 21 heavy (non-hydrogen) atoms. The fraction of sp³-hybridized carbons (Fsp3) is 0.588. The summed E-state index contributed by atoms with van der Waals surface area (Å²) in [6.07, 6.45) is 1.37. The SMILES string of the molecule is CCc1cccc(C)c1NC(=O)C[NH+]1C[C@@H](C)O[C@@H](C)C1. The van der Waals surface area contributed by atoms with E-state index in [0.29, 0.717) is 6.54 Å². The molecule has 1 fully saturated rings. The summed E-state index contributed by atoms with van der Waals surface area (Å²) in [6.45, 7) is 10.6. The summed E-state index contributed by atoms with van der Waals surface area (Å²) in [7, 11) is 0. The maximum atomic E-state index is 12.3. The molecular formula is C17H27N2O2+. The number of aryl methyl sites for hydroxylation is 2. The van der Waals surface area contributed by atoms with Gasteiger partial charge in [-0.15, -0.1) is 0 Å². The highest BCUT2D eigenvalue weighted by atomic mass is 16.5. The molecule has 1 amide bonds. The van der Waals surface area contributed by atoms with Crippen molar-refractivity contribution < 1.29 is 14.4 Å². The van der Waals surface area contributed by atoms with Crippen LogP contribution < -0.4 is 10.2 Å². The molecule has 0 bridgehead atoms. The topological polar surface area (TPSA) is 42.8 Å². The minimum Gasteiger partial charge on any atom is -0.364 e. The highest BCUT2D eigenvalue weighted by Gasteiger charge is 2.27. The van der Waals surface area contributed by atoms with E-state index in [4.69, 9.17) is 4.74 Å². The number of ether oxygens (including phenoxy) is 1. The van der Waals surface area contributed by atoms with Crippen molar-refractivity contribution in [3.63, 3.8) is 0 Å². The molecule has 3 atom stereocenters. The van der Waals surface area contributed by atoms with Crippen LogP contribution in [0.25, 0.3) is 0 Å². The van der Waals surface area contributed by atoms with Crippen LogP contribution in [0, 0.1) is 6.92 Å². The van der Waals surface area contributed by atoms with Gasteiger partial charge in [-0.05, 0) is 38.3 Å². The van der Waals surface area contributed by atoms with Gasteiger partial charge in [0, 0.05) is 5.69 Å². The molecule has 1 aliphatic rings. The standard InChI is InChI=1S/C17H26N2O2/c1-5-15-8-6-7-12(2)17(15)18-16(20)11-19-9-13(3)21-14(4)10-19/h6-8,13-14H,5,9-11H2,1-4H3,(H,18,20)/p+1/t13-,14+. The number of hydrogen-bond acceptors (Lipinski definition) is 2. The van der Waals surface area contributed by atoms with Gasteiger partial charge >= 0.3 is 0 Å². The third-order valence-electron chi connectivity index (χ3n) is 4.03. The number of carbonyl (C=O) groups excluding carboxylic acids is 1. The average Bonchev–Trinajstić information content (AvgIpc) is 2.39. The molecule has 4 nitrogen and oxygen atoms in total. The summed E-state index contributed by atoms with van der Waals surface area (Å²) < 4.78 is 5.72. The fourth-order valence-electron chi connectivity index (χ4n) is 3.15. The second-order valence-corrected chi connectivity index (χ2v) is 6.10. The zero-order chi connectivity index (χ0) is 15.4. The first-order valence-electron chi connectivity index (χ1n) is 7.87. The largest absolute Gasteiger partial charge is 0.364 e. The normalized spacial score (nSPS) is 25.6. The monoisotopic (exact) mass is 291 g/mol. The number of benzene rings is 1. The molecule has 0 aromatic heterocycles. The van der Waals surface area contributed by atoms with Crippen molar-refractivity contribution in [1.82, 2.24) is 0 Å². The van der Waals surface area contributed by atoms with Crippen molar-refractivity contribution in [3.8, 4) is 0 Å². The first kappa shape index (κ1) is 16.0. The van der Waals surface area contributed by atoms with Gasteiger partial charge in [0.25, 0.3) is 5.91 Å². The minimum atomic E-state index is 0.0929. The Bertz CT molecular complexity index is 492. The predicted octanol–water partition coefficient (Wildman–Crippen LogP) is 1.19. The fourth-order valence-corrected chi connectivity index (χ4v) is 3.15. The summed E-state index contributed by atoms with van der Waals surface area (Å²) in [5.74, 6) is 0.0929. The zero-order valence-electron chi connectivity index (χ0n) is 13.5. The van der Waals surface area contributed by atoms with E-state index in [-0.39, 0.29) is 18.1 Å². The van der Waals surface area contributed by atoms with E-state index in [9.17, 15) is 4.79 Å². The van der Waals surface area contributed by atoms with Gasteiger partial charge in [0.05, 0.1) is 0 Å². The van der Waals surface area contributed by atoms with Gasteiger partial charge in [0.2, 0.25) is 0 Å². The van der Waals surface area contributed by atoms with Gasteiger partial charge in [-0.1, -0.05) is 25.1 Å². The highest BCUT2D eigenvalue weighted by Crippen LogP contribution is 2.20. The van der Waals surface area contributed by atoms with Crippen molar-refractivity contribution in [2.24, 2.45) is 0 Å². The third kappa shape index (κ3) is 4.29. The number of morpholine rings is 1. The second kappa shape index (κ2) is 7.05. The lowest BCUT2D eigenvalue weighted by atomic mass is 10.1. The molecule has 1 saturated heterocycles. The molecule has 1 heterocycles. The van der Waals surface area contributed by atoms with E-state index >= 15 is 0 Å². The molecule has 1 aromatic rings. The molecule has 2 N–H and O–H groups in total. The van der Waals surface area contributed by atoms with Crippen LogP contribution >= 0.6 is 0 Å². The van der Waals surface area contributed by atoms with Crippen LogP contribution in [0.3, 0.4) is 0 Å². The molecule has 2 rings (SSSR count).